The second-order valence-electron chi connectivity index (χ2n) is 4.05. The van der Waals surface area contributed by atoms with Crippen molar-refractivity contribution in [3.05, 3.63) is 0 Å². The van der Waals surface area contributed by atoms with E-state index in [0.717, 1.165) is 52.2 Å². The lowest BCUT2D eigenvalue weighted by Crippen LogP contribution is -2.41. The molecule has 1 fully saturated rings. The molecular formula is C11H23N3O2. The summed E-state index contributed by atoms with van der Waals surface area (Å²) in [5.74, 6) is 0.140. The van der Waals surface area contributed by atoms with Crippen LogP contribution in [0.25, 0.3) is 0 Å². The number of ether oxygens (including phenoxy) is 1. The molecule has 0 saturated carbocycles. The lowest BCUT2D eigenvalue weighted by molar-refractivity contribution is -0.121. The van der Waals surface area contributed by atoms with Gasteiger partial charge in [0, 0.05) is 32.6 Å². The largest absolute Gasteiger partial charge is 0.379 e. The van der Waals surface area contributed by atoms with Gasteiger partial charge in [-0.15, -0.1) is 0 Å². The molecule has 0 aliphatic carbocycles. The summed E-state index contributed by atoms with van der Waals surface area (Å²) >= 11 is 0. The molecule has 1 amide bonds. The maximum atomic E-state index is 11.4. The average Bonchev–Trinajstić information content (AvgIpc) is 2.31. The van der Waals surface area contributed by atoms with E-state index in [1.54, 1.807) is 0 Å². The minimum Gasteiger partial charge on any atom is -0.379 e. The molecule has 1 heterocycles. The van der Waals surface area contributed by atoms with Crippen LogP contribution in [-0.4, -0.2) is 56.7 Å². The molecule has 5 nitrogen and oxygen atoms in total. The summed E-state index contributed by atoms with van der Waals surface area (Å²) in [6.45, 7) is 5.90. The first-order valence-corrected chi connectivity index (χ1v) is 6.10. The topological polar surface area (TPSA) is 67.6 Å². The van der Waals surface area contributed by atoms with Crippen molar-refractivity contribution in [1.82, 2.24) is 10.2 Å². The molecule has 0 aromatic carbocycles. The Hall–Kier alpha value is -0.650. The Bertz CT molecular complexity index is 194. The minimum atomic E-state index is 0.140. The Kier molecular flexibility index (Phi) is 7.12. The highest BCUT2D eigenvalue weighted by Crippen LogP contribution is 1.96. The van der Waals surface area contributed by atoms with Crippen LogP contribution in [0.2, 0.25) is 0 Å². The van der Waals surface area contributed by atoms with E-state index >= 15 is 0 Å². The molecule has 3 N–H and O–H groups in total. The summed E-state index contributed by atoms with van der Waals surface area (Å²) in [6, 6.07) is 0. The van der Waals surface area contributed by atoms with Crippen molar-refractivity contribution < 1.29 is 9.53 Å². The smallest absolute Gasteiger partial charge is 0.220 e. The van der Waals surface area contributed by atoms with E-state index in [4.69, 9.17) is 10.5 Å². The average molecular weight is 229 g/mol. The molecule has 1 aliphatic rings. The number of hydrogen-bond donors (Lipinski definition) is 2. The van der Waals surface area contributed by atoms with Gasteiger partial charge in [0.15, 0.2) is 0 Å². The quantitative estimate of drug-likeness (QED) is 0.581. The SMILES string of the molecule is NCCCCC(=O)NCCN1CCOCC1. The summed E-state index contributed by atoms with van der Waals surface area (Å²) in [7, 11) is 0. The van der Waals surface area contributed by atoms with Crippen molar-refractivity contribution in [2.24, 2.45) is 5.73 Å². The highest BCUT2D eigenvalue weighted by molar-refractivity contribution is 5.75. The lowest BCUT2D eigenvalue weighted by Gasteiger charge is -2.26. The molecule has 0 spiro atoms. The van der Waals surface area contributed by atoms with E-state index in [-0.39, 0.29) is 5.91 Å². The first-order valence-electron chi connectivity index (χ1n) is 6.10. The number of morpholine rings is 1. The van der Waals surface area contributed by atoms with Gasteiger partial charge in [0.05, 0.1) is 13.2 Å². The molecule has 16 heavy (non-hydrogen) atoms. The third kappa shape index (κ3) is 6.05. The van der Waals surface area contributed by atoms with Crippen molar-refractivity contribution >= 4 is 5.91 Å². The van der Waals surface area contributed by atoms with Crippen LogP contribution in [0.3, 0.4) is 0 Å². The van der Waals surface area contributed by atoms with Crippen LogP contribution < -0.4 is 11.1 Å². The van der Waals surface area contributed by atoms with Crippen molar-refractivity contribution in [3.8, 4) is 0 Å². The number of unbranched alkanes of at least 4 members (excludes halogenated alkanes) is 1. The molecule has 0 aromatic rings. The first-order chi connectivity index (χ1) is 7.83. The van der Waals surface area contributed by atoms with E-state index < -0.39 is 0 Å². The van der Waals surface area contributed by atoms with Gasteiger partial charge in [-0.1, -0.05) is 0 Å². The summed E-state index contributed by atoms with van der Waals surface area (Å²) in [4.78, 5) is 13.7. The van der Waals surface area contributed by atoms with Gasteiger partial charge in [0.2, 0.25) is 5.91 Å². The van der Waals surface area contributed by atoms with Gasteiger partial charge in [-0.05, 0) is 19.4 Å². The van der Waals surface area contributed by atoms with E-state index in [9.17, 15) is 4.79 Å². The minimum absolute atomic E-state index is 0.140. The highest BCUT2D eigenvalue weighted by atomic mass is 16.5. The summed E-state index contributed by atoms with van der Waals surface area (Å²) in [6.07, 6.45) is 2.41. The third-order valence-electron chi connectivity index (χ3n) is 2.71. The van der Waals surface area contributed by atoms with Crippen molar-refractivity contribution in [2.45, 2.75) is 19.3 Å². The third-order valence-corrected chi connectivity index (χ3v) is 2.71. The second-order valence-corrected chi connectivity index (χ2v) is 4.05. The molecule has 1 aliphatic heterocycles. The fraction of sp³-hybridized carbons (Fsp3) is 0.909. The maximum Gasteiger partial charge on any atom is 0.220 e. The van der Waals surface area contributed by atoms with Gasteiger partial charge in [0.1, 0.15) is 0 Å². The van der Waals surface area contributed by atoms with Gasteiger partial charge in [0.25, 0.3) is 0 Å². The Morgan fingerprint density at radius 3 is 2.75 bits per heavy atom. The van der Waals surface area contributed by atoms with Crippen LogP contribution in [0.4, 0.5) is 0 Å². The Morgan fingerprint density at radius 1 is 1.31 bits per heavy atom. The normalized spacial score (nSPS) is 17.3. The van der Waals surface area contributed by atoms with Crippen molar-refractivity contribution in [1.29, 1.82) is 0 Å². The molecule has 0 aromatic heterocycles. The van der Waals surface area contributed by atoms with Gasteiger partial charge < -0.3 is 15.8 Å². The zero-order valence-electron chi connectivity index (χ0n) is 9.91. The maximum absolute atomic E-state index is 11.4. The summed E-state index contributed by atoms with van der Waals surface area (Å²) in [5, 5.41) is 2.93. The van der Waals surface area contributed by atoms with Crippen LogP contribution >= 0.6 is 0 Å². The molecule has 1 rings (SSSR count). The highest BCUT2D eigenvalue weighted by Gasteiger charge is 2.09. The molecular weight excluding hydrogens is 206 g/mol. The second kappa shape index (κ2) is 8.50. The van der Waals surface area contributed by atoms with Gasteiger partial charge in [-0.25, -0.2) is 0 Å². The predicted molar refractivity (Wildman–Crippen MR) is 63.2 cm³/mol. The predicted octanol–water partition coefficient (Wildman–Crippen LogP) is -0.436. The van der Waals surface area contributed by atoms with Crippen LogP contribution in [0, 0.1) is 0 Å². The van der Waals surface area contributed by atoms with E-state index in [0.29, 0.717) is 13.0 Å². The number of carbonyl (C=O) groups is 1. The lowest BCUT2D eigenvalue weighted by atomic mass is 10.2. The number of nitrogens with one attached hydrogen (secondary N) is 1. The Balaban J connectivity index is 1.94. The van der Waals surface area contributed by atoms with Crippen LogP contribution in [0.1, 0.15) is 19.3 Å². The van der Waals surface area contributed by atoms with Crippen LogP contribution in [-0.2, 0) is 9.53 Å². The number of carbonyl (C=O) groups excluding carboxylic acids is 1. The fourth-order valence-corrected chi connectivity index (χ4v) is 1.70. The number of nitrogens with zero attached hydrogens (tertiary/aromatic N) is 1. The molecule has 0 bridgehead atoms. The number of rotatable bonds is 7. The number of amides is 1. The van der Waals surface area contributed by atoms with E-state index in [1.807, 2.05) is 0 Å². The van der Waals surface area contributed by atoms with E-state index in [2.05, 4.69) is 10.2 Å². The zero-order valence-corrected chi connectivity index (χ0v) is 9.91. The molecule has 94 valence electrons. The molecule has 1 saturated heterocycles. The number of hydrogen-bond acceptors (Lipinski definition) is 4. The van der Waals surface area contributed by atoms with Gasteiger partial charge in [-0.3, -0.25) is 9.69 Å². The summed E-state index contributed by atoms with van der Waals surface area (Å²) < 4.78 is 5.25. The molecule has 0 atom stereocenters. The zero-order chi connectivity index (χ0) is 11.6. The summed E-state index contributed by atoms with van der Waals surface area (Å²) in [5.41, 5.74) is 5.36. The molecule has 0 unspecified atom stereocenters. The Labute approximate surface area is 97.3 Å². The molecule has 0 radical (unpaired) electrons. The standard InChI is InChI=1S/C11H23N3O2/c12-4-2-1-3-11(15)13-5-6-14-7-9-16-10-8-14/h1-10,12H2,(H,13,15). The number of nitrogens with two attached hydrogens (primary N) is 1. The van der Waals surface area contributed by atoms with Gasteiger partial charge >= 0.3 is 0 Å². The fourth-order valence-electron chi connectivity index (χ4n) is 1.70. The Morgan fingerprint density at radius 2 is 2.06 bits per heavy atom. The van der Waals surface area contributed by atoms with Crippen LogP contribution in [0.15, 0.2) is 0 Å². The van der Waals surface area contributed by atoms with Crippen molar-refractivity contribution in [3.63, 3.8) is 0 Å². The van der Waals surface area contributed by atoms with Crippen molar-refractivity contribution in [2.75, 3.05) is 45.9 Å². The monoisotopic (exact) mass is 229 g/mol. The van der Waals surface area contributed by atoms with Crippen LogP contribution in [0.5, 0.6) is 0 Å². The first kappa shape index (κ1) is 13.4. The van der Waals surface area contributed by atoms with Gasteiger partial charge in [-0.2, -0.15) is 0 Å². The molecule has 5 heteroatoms. The van der Waals surface area contributed by atoms with E-state index in [1.165, 1.54) is 0 Å².